The molecule has 0 saturated carbocycles. The van der Waals surface area contributed by atoms with Gasteiger partial charge in [0, 0.05) is 0 Å². The Morgan fingerprint density at radius 1 is 1.16 bits per heavy atom. The molecule has 0 aliphatic rings. The van der Waals surface area contributed by atoms with Crippen LogP contribution in [0.25, 0.3) is 0 Å². The van der Waals surface area contributed by atoms with E-state index in [-0.39, 0.29) is 11.4 Å². The lowest BCUT2D eigenvalue weighted by Crippen LogP contribution is -2.32. The van der Waals surface area contributed by atoms with Gasteiger partial charge in [-0.3, -0.25) is 0 Å². The summed E-state index contributed by atoms with van der Waals surface area (Å²) in [4.78, 5) is 12.1. The predicted molar refractivity (Wildman–Crippen MR) is 76.6 cm³/mol. The van der Waals surface area contributed by atoms with Gasteiger partial charge in [-0.25, -0.2) is 4.79 Å². The first kappa shape index (κ1) is 15.5. The Bertz CT molecular complexity index is 442. The summed E-state index contributed by atoms with van der Waals surface area (Å²) in [5.74, 6) is 0.344. The molecule has 0 aliphatic heterocycles. The molecule has 1 aromatic carbocycles. The van der Waals surface area contributed by atoms with Crippen LogP contribution in [-0.4, -0.2) is 18.7 Å². The standard InChI is InChI=1S/C16H24O3/c1-15(2,3)11-16(4,5)19-14(17)12-8-7-9-13(10-12)18-6/h7-10H,11H2,1-6H3. The van der Waals surface area contributed by atoms with E-state index in [1.807, 2.05) is 13.8 Å². The van der Waals surface area contributed by atoms with Gasteiger partial charge >= 0.3 is 5.97 Å². The Kier molecular flexibility index (Phi) is 4.61. The van der Waals surface area contributed by atoms with Gasteiger partial charge in [-0.1, -0.05) is 26.8 Å². The van der Waals surface area contributed by atoms with E-state index in [1.165, 1.54) is 0 Å². The molecular formula is C16H24O3. The normalized spacial score (nSPS) is 12.1. The summed E-state index contributed by atoms with van der Waals surface area (Å²) in [5.41, 5.74) is 0.137. The van der Waals surface area contributed by atoms with Crippen LogP contribution >= 0.6 is 0 Å². The fraction of sp³-hybridized carbons (Fsp3) is 0.562. The number of carbonyl (C=O) groups is 1. The Labute approximate surface area is 115 Å². The first-order valence-corrected chi connectivity index (χ1v) is 6.50. The summed E-state index contributed by atoms with van der Waals surface area (Å²) < 4.78 is 10.7. The zero-order valence-electron chi connectivity index (χ0n) is 12.7. The summed E-state index contributed by atoms with van der Waals surface area (Å²) in [6, 6.07) is 7.01. The third-order valence-corrected chi connectivity index (χ3v) is 2.63. The van der Waals surface area contributed by atoms with Crippen LogP contribution in [0.1, 0.15) is 51.4 Å². The van der Waals surface area contributed by atoms with E-state index in [9.17, 15) is 4.79 Å². The number of hydrogen-bond donors (Lipinski definition) is 0. The van der Waals surface area contributed by atoms with Crippen molar-refractivity contribution in [2.75, 3.05) is 7.11 Å². The summed E-state index contributed by atoms with van der Waals surface area (Å²) >= 11 is 0. The molecule has 0 atom stereocenters. The van der Waals surface area contributed by atoms with E-state index in [0.29, 0.717) is 11.3 Å². The van der Waals surface area contributed by atoms with Crippen molar-refractivity contribution >= 4 is 5.97 Å². The smallest absolute Gasteiger partial charge is 0.338 e. The Morgan fingerprint density at radius 2 is 1.79 bits per heavy atom. The molecule has 0 heterocycles. The first-order chi connectivity index (χ1) is 8.63. The van der Waals surface area contributed by atoms with Crippen molar-refractivity contribution in [2.24, 2.45) is 5.41 Å². The fourth-order valence-corrected chi connectivity index (χ4v) is 2.37. The molecule has 0 fully saturated rings. The summed E-state index contributed by atoms with van der Waals surface area (Å²) in [5, 5.41) is 0. The monoisotopic (exact) mass is 264 g/mol. The minimum atomic E-state index is -0.488. The van der Waals surface area contributed by atoms with E-state index in [2.05, 4.69) is 20.8 Å². The molecule has 19 heavy (non-hydrogen) atoms. The Balaban J connectivity index is 2.78. The molecule has 1 aromatic rings. The maximum Gasteiger partial charge on any atom is 0.338 e. The third-order valence-electron chi connectivity index (χ3n) is 2.63. The quantitative estimate of drug-likeness (QED) is 0.769. The molecule has 3 nitrogen and oxygen atoms in total. The lowest BCUT2D eigenvalue weighted by molar-refractivity contribution is -0.0178. The second-order valence-electron chi connectivity index (χ2n) is 6.62. The van der Waals surface area contributed by atoms with Gasteiger partial charge < -0.3 is 9.47 Å². The molecule has 0 aliphatic carbocycles. The van der Waals surface area contributed by atoms with Crippen LogP contribution in [0.15, 0.2) is 24.3 Å². The van der Waals surface area contributed by atoms with Gasteiger partial charge in [-0.15, -0.1) is 0 Å². The van der Waals surface area contributed by atoms with Crippen molar-refractivity contribution in [3.63, 3.8) is 0 Å². The molecule has 0 unspecified atom stereocenters. The van der Waals surface area contributed by atoms with Crippen LogP contribution in [0, 0.1) is 5.41 Å². The molecule has 0 spiro atoms. The average molecular weight is 264 g/mol. The van der Waals surface area contributed by atoms with Crippen molar-refractivity contribution in [3.05, 3.63) is 29.8 Å². The number of hydrogen-bond acceptors (Lipinski definition) is 3. The van der Waals surface area contributed by atoms with E-state index in [0.717, 1.165) is 6.42 Å². The minimum absolute atomic E-state index is 0.109. The van der Waals surface area contributed by atoms with Crippen LogP contribution in [-0.2, 0) is 4.74 Å². The highest BCUT2D eigenvalue weighted by Gasteiger charge is 2.29. The number of methoxy groups -OCH3 is 1. The van der Waals surface area contributed by atoms with E-state index < -0.39 is 5.60 Å². The zero-order valence-corrected chi connectivity index (χ0v) is 12.7. The molecule has 0 amide bonds. The summed E-state index contributed by atoms with van der Waals surface area (Å²) in [6.07, 6.45) is 0.801. The summed E-state index contributed by atoms with van der Waals surface area (Å²) in [6.45, 7) is 10.3. The first-order valence-electron chi connectivity index (χ1n) is 6.50. The van der Waals surface area contributed by atoms with Crippen LogP contribution in [0.5, 0.6) is 5.75 Å². The maximum absolute atomic E-state index is 12.1. The molecule has 0 saturated heterocycles. The van der Waals surface area contributed by atoms with Crippen LogP contribution in [0.3, 0.4) is 0 Å². The minimum Gasteiger partial charge on any atom is -0.497 e. The highest BCUT2D eigenvalue weighted by atomic mass is 16.6. The fourth-order valence-electron chi connectivity index (χ4n) is 2.37. The van der Waals surface area contributed by atoms with Crippen molar-refractivity contribution in [2.45, 2.75) is 46.6 Å². The van der Waals surface area contributed by atoms with E-state index >= 15 is 0 Å². The lowest BCUT2D eigenvalue weighted by atomic mass is 9.83. The highest BCUT2D eigenvalue weighted by Crippen LogP contribution is 2.30. The van der Waals surface area contributed by atoms with Gasteiger partial charge in [0.1, 0.15) is 11.4 Å². The van der Waals surface area contributed by atoms with Crippen LogP contribution < -0.4 is 4.74 Å². The van der Waals surface area contributed by atoms with Gasteiger partial charge in [0.05, 0.1) is 12.7 Å². The van der Waals surface area contributed by atoms with Crippen LogP contribution in [0.4, 0.5) is 0 Å². The average Bonchev–Trinajstić information content (AvgIpc) is 2.25. The van der Waals surface area contributed by atoms with Crippen molar-refractivity contribution < 1.29 is 14.3 Å². The van der Waals surface area contributed by atoms with Gasteiger partial charge in [0.25, 0.3) is 0 Å². The predicted octanol–water partition coefficient (Wildman–Crippen LogP) is 4.07. The second kappa shape index (κ2) is 5.64. The van der Waals surface area contributed by atoms with E-state index in [4.69, 9.17) is 9.47 Å². The molecular weight excluding hydrogens is 240 g/mol. The van der Waals surface area contributed by atoms with Gasteiger partial charge in [0.2, 0.25) is 0 Å². The number of esters is 1. The largest absolute Gasteiger partial charge is 0.497 e. The van der Waals surface area contributed by atoms with E-state index in [1.54, 1.807) is 31.4 Å². The van der Waals surface area contributed by atoms with Gasteiger partial charge in [-0.05, 0) is 43.9 Å². The SMILES string of the molecule is COc1cccc(C(=O)OC(C)(C)CC(C)(C)C)c1. The molecule has 3 heteroatoms. The van der Waals surface area contributed by atoms with Gasteiger partial charge in [0.15, 0.2) is 0 Å². The molecule has 0 aromatic heterocycles. The highest BCUT2D eigenvalue weighted by molar-refractivity contribution is 5.90. The van der Waals surface area contributed by atoms with Crippen LogP contribution in [0.2, 0.25) is 0 Å². The molecule has 1 rings (SSSR count). The Morgan fingerprint density at radius 3 is 2.32 bits per heavy atom. The number of carbonyl (C=O) groups excluding carboxylic acids is 1. The number of benzene rings is 1. The Hall–Kier alpha value is -1.51. The maximum atomic E-state index is 12.1. The second-order valence-corrected chi connectivity index (χ2v) is 6.62. The van der Waals surface area contributed by atoms with Gasteiger partial charge in [-0.2, -0.15) is 0 Å². The zero-order chi connectivity index (χ0) is 14.7. The molecule has 0 bridgehead atoms. The van der Waals surface area contributed by atoms with Crippen molar-refractivity contribution in [1.82, 2.24) is 0 Å². The molecule has 106 valence electrons. The number of rotatable bonds is 4. The third kappa shape index (κ3) is 5.33. The lowest BCUT2D eigenvalue weighted by Gasteiger charge is -2.32. The summed E-state index contributed by atoms with van der Waals surface area (Å²) in [7, 11) is 1.58. The van der Waals surface area contributed by atoms with Crippen molar-refractivity contribution in [3.8, 4) is 5.75 Å². The van der Waals surface area contributed by atoms with Crippen molar-refractivity contribution in [1.29, 1.82) is 0 Å². The molecule has 0 radical (unpaired) electrons. The number of ether oxygens (including phenoxy) is 2. The topological polar surface area (TPSA) is 35.5 Å². The molecule has 0 N–H and O–H groups in total.